The Hall–Kier alpha value is -2.10. The normalized spacial score (nSPS) is 31.9. The Morgan fingerprint density at radius 3 is 2.90 bits per heavy atom. The molecule has 1 aromatic rings. The molecule has 2 aliphatic heterocycles. The number of nitrogens with one attached hydrogen (secondary N) is 1. The van der Waals surface area contributed by atoms with Crippen LogP contribution in [0.3, 0.4) is 0 Å². The third-order valence-electron chi connectivity index (χ3n) is 3.61. The largest absolute Gasteiger partial charge is 0.465 e. The van der Waals surface area contributed by atoms with Crippen LogP contribution in [0.5, 0.6) is 0 Å². The van der Waals surface area contributed by atoms with E-state index >= 15 is 0 Å². The van der Waals surface area contributed by atoms with Crippen molar-refractivity contribution in [3.05, 3.63) is 18.7 Å². The van der Waals surface area contributed by atoms with Crippen molar-refractivity contribution < 1.29 is 20.1 Å². The number of aliphatic hydroxyl groups excluding tert-OH is 3. The molecule has 0 aromatic carbocycles. The molecule has 1 aromatic heterocycles. The van der Waals surface area contributed by atoms with Gasteiger partial charge in [0.1, 0.15) is 36.6 Å². The van der Waals surface area contributed by atoms with Crippen LogP contribution in [-0.4, -0.2) is 56.5 Å². The van der Waals surface area contributed by atoms with Gasteiger partial charge in [-0.15, -0.1) is 0 Å². The molecule has 1 fully saturated rings. The Labute approximate surface area is 114 Å². The first kappa shape index (κ1) is 12.9. The molecule has 3 rings (SSSR count). The van der Waals surface area contributed by atoms with Gasteiger partial charge >= 0.3 is 0 Å². The lowest BCUT2D eigenvalue weighted by Gasteiger charge is -2.38. The Balaban J connectivity index is 2.06. The zero-order chi connectivity index (χ0) is 14.5. The summed E-state index contributed by atoms with van der Waals surface area (Å²) in [5.74, 6) is 0.618. The predicted molar refractivity (Wildman–Crippen MR) is 69.5 cm³/mol. The minimum Gasteiger partial charge on any atom is -0.465 e. The zero-order valence-corrected chi connectivity index (χ0v) is 10.5. The van der Waals surface area contributed by atoms with E-state index in [0.29, 0.717) is 11.5 Å². The van der Waals surface area contributed by atoms with Crippen LogP contribution in [-0.2, 0) is 4.74 Å². The van der Waals surface area contributed by atoms with Crippen molar-refractivity contribution in [2.45, 2.75) is 17.9 Å². The van der Waals surface area contributed by atoms with Crippen LogP contribution in [0.1, 0.15) is 0 Å². The number of nitrogens with two attached hydrogens (primary N) is 1. The van der Waals surface area contributed by atoms with E-state index in [2.05, 4.69) is 21.9 Å². The minimum atomic E-state index is -1.56. The molecule has 0 bridgehead atoms. The number of fused-ring (bicyclic) bond motifs is 1. The van der Waals surface area contributed by atoms with Crippen molar-refractivity contribution in [2.24, 2.45) is 0 Å². The second kappa shape index (κ2) is 4.20. The van der Waals surface area contributed by atoms with E-state index in [9.17, 15) is 15.3 Å². The Bertz CT molecular complexity index is 568. The smallest absolute Gasteiger partial charge is 0.237 e. The second-order valence-corrected chi connectivity index (χ2v) is 4.68. The molecule has 2 aliphatic rings. The Morgan fingerprint density at radius 1 is 1.55 bits per heavy atom. The number of aromatic nitrogens is 2. The SMILES string of the molecule is C=C1O[C@@](CO)(N2CNc3c(N)ncnc32)[C@H](O)[C@H]1O. The van der Waals surface area contributed by atoms with E-state index in [0.717, 1.165) is 0 Å². The van der Waals surface area contributed by atoms with Crippen LogP contribution in [0.2, 0.25) is 0 Å². The van der Waals surface area contributed by atoms with E-state index < -0.39 is 24.5 Å². The fraction of sp³-hybridized carbons (Fsp3) is 0.455. The van der Waals surface area contributed by atoms with Gasteiger partial charge in [0.25, 0.3) is 0 Å². The number of anilines is 3. The maximum atomic E-state index is 10.2. The van der Waals surface area contributed by atoms with E-state index in [1.807, 2.05) is 0 Å². The summed E-state index contributed by atoms with van der Waals surface area (Å²) < 4.78 is 5.44. The molecular formula is C11H15N5O4. The highest BCUT2D eigenvalue weighted by Crippen LogP contribution is 2.43. The van der Waals surface area contributed by atoms with Crippen molar-refractivity contribution in [2.75, 3.05) is 29.2 Å². The number of nitrogens with zero attached hydrogens (tertiary/aromatic N) is 3. The minimum absolute atomic E-state index is 0.0120. The van der Waals surface area contributed by atoms with Crippen molar-refractivity contribution >= 4 is 17.3 Å². The first-order chi connectivity index (χ1) is 9.51. The number of rotatable bonds is 2. The zero-order valence-electron chi connectivity index (χ0n) is 10.5. The second-order valence-electron chi connectivity index (χ2n) is 4.68. The maximum Gasteiger partial charge on any atom is 0.237 e. The van der Waals surface area contributed by atoms with Gasteiger partial charge < -0.3 is 31.1 Å². The molecule has 3 atom stereocenters. The van der Waals surface area contributed by atoms with Crippen molar-refractivity contribution in [3.63, 3.8) is 0 Å². The van der Waals surface area contributed by atoms with E-state index in [-0.39, 0.29) is 18.2 Å². The fourth-order valence-electron chi connectivity index (χ4n) is 2.51. The van der Waals surface area contributed by atoms with E-state index in [4.69, 9.17) is 10.5 Å². The highest BCUT2D eigenvalue weighted by Gasteiger charge is 2.57. The molecule has 9 heteroatoms. The fourth-order valence-corrected chi connectivity index (χ4v) is 2.51. The summed E-state index contributed by atoms with van der Waals surface area (Å²) in [5, 5.41) is 32.7. The molecule has 9 nitrogen and oxygen atoms in total. The highest BCUT2D eigenvalue weighted by molar-refractivity contribution is 5.80. The first-order valence-corrected chi connectivity index (χ1v) is 5.98. The Morgan fingerprint density at radius 2 is 2.30 bits per heavy atom. The van der Waals surface area contributed by atoms with Crippen molar-refractivity contribution in [1.82, 2.24) is 9.97 Å². The van der Waals surface area contributed by atoms with Gasteiger partial charge in [-0.05, 0) is 0 Å². The number of nitrogen functional groups attached to an aromatic ring is 1. The highest BCUT2D eigenvalue weighted by atomic mass is 16.6. The monoisotopic (exact) mass is 281 g/mol. The lowest BCUT2D eigenvalue weighted by Crippen LogP contribution is -2.60. The van der Waals surface area contributed by atoms with Crippen LogP contribution in [0.25, 0.3) is 0 Å². The summed E-state index contributed by atoms with van der Waals surface area (Å²) in [7, 11) is 0. The lowest BCUT2D eigenvalue weighted by molar-refractivity contribution is -0.0862. The molecule has 108 valence electrons. The van der Waals surface area contributed by atoms with Crippen LogP contribution < -0.4 is 16.0 Å². The van der Waals surface area contributed by atoms with Gasteiger partial charge in [-0.25, -0.2) is 9.97 Å². The quantitative estimate of drug-likeness (QED) is 0.425. The Kier molecular flexibility index (Phi) is 2.71. The molecular weight excluding hydrogens is 266 g/mol. The van der Waals surface area contributed by atoms with Gasteiger partial charge in [0.05, 0.1) is 6.67 Å². The summed E-state index contributed by atoms with van der Waals surface area (Å²) in [4.78, 5) is 9.43. The average Bonchev–Trinajstić information content (AvgIpc) is 2.96. The summed E-state index contributed by atoms with van der Waals surface area (Å²) in [6.45, 7) is 3.16. The molecule has 0 spiro atoms. The van der Waals surface area contributed by atoms with E-state index in [1.165, 1.54) is 11.2 Å². The van der Waals surface area contributed by atoms with Gasteiger partial charge in [0.2, 0.25) is 5.72 Å². The van der Waals surface area contributed by atoms with Gasteiger partial charge in [-0.3, -0.25) is 4.90 Å². The molecule has 3 heterocycles. The number of ether oxygens (including phenoxy) is 1. The van der Waals surface area contributed by atoms with Crippen LogP contribution in [0.4, 0.5) is 17.3 Å². The van der Waals surface area contributed by atoms with Crippen LogP contribution >= 0.6 is 0 Å². The number of hydrogen-bond acceptors (Lipinski definition) is 9. The van der Waals surface area contributed by atoms with Crippen LogP contribution in [0.15, 0.2) is 18.7 Å². The molecule has 1 saturated heterocycles. The third kappa shape index (κ3) is 1.48. The maximum absolute atomic E-state index is 10.2. The first-order valence-electron chi connectivity index (χ1n) is 5.98. The molecule has 0 radical (unpaired) electrons. The van der Waals surface area contributed by atoms with Crippen LogP contribution in [0, 0.1) is 0 Å². The van der Waals surface area contributed by atoms with Gasteiger partial charge in [-0.2, -0.15) is 0 Å². The molecule has 0 unspecified atom stereocenters. The molecule has 0 aliphatic carbocycles. The molecule has 0 amide bonds. The topological polar surface area (TPSA) is 137 Å². The molecule has 0 saturated carbocycles. The average molecular weight is 281 g/mol. The molecule has 6 N–H and O–H groups in total. The van der Waals surface area contributed by atoms with Gasteiger partial charge in [0, 0.05) is 0 Å². The van der Waals surface area contributed by atoms with Gasteiger partial charge in [0.15, 0.2) is 11.6 Å². The summed E-state index contributed by atoms with van der Waals surface area (Å²) >= 11 is 0. The summed E-state index contributed by atoms with van der Waals surface area (Å²) in [5.41, 5.74) is 4.66. The third-order valence-corrected chi connectivity index (χ3v) is 3.61. The summed E-state index contributed by atoms with van der Waals surface area (Å²) in [6, 6.07) is 0. The number of hydrogen-bond donors (Lipinski definition) is 5. The van der Waals surface area contributed by atoms with Gasteiger partial charge in [-0.1, -0.05) is 6.58 Å². The standard InChI is InChI=1S/C11H15N5O4/c1-5-7(18)8(19)11(2-17,20-5)16-4-15-6-9(12)13-3-14-10(6)16/h3,7-8,15,17-19H,1-2,4H2,(H2,12,13,14)/t7-,8+,11+/m0/s1. The predicted octanol–water partition coefficient (Wildman–Crippen LogP) is -1.80. The lowest BCUT2D eigenvalue weighted by atomic mass is 10.0. The van der Waals surface area contributed by atoms with Crippen molar-refractivity contribution in [1.29, 1.82) is 0 Å². The van der Waals surface area contributed by atoms with Crippen molar-refractivity contribution in [3.8, 4) is 0 Å². The van der Waals surface area contributed by atoms with E-state index in [1.54, 1.807) is 0 Å². The summed E-state index contributed by atoms with van der Waals surface area (Å²) in [6.07, 6.45) is -1.39. The number of aliphatic hydroxyl groups is 3. The molecule has 20 heavy (non-hydrogen) atoms.